The van der Waals surface area contributed by atoms with Gasteiger partial charge in [0.2, 0.25) is 5.69 Å². The SMILES string of the molecule is C=C1CC2C(CCOC(C)/C=C(/C)O1)c1cc3c(cc1-c1cccc[n+]12)c1cc(CC(C)(C)C)cc2c4cc5oc6ccccc6c5cc4n3c12. The van der Waals surface area contributed by atoms with Gasteiger partial charge in [-0.15, -0.1) is 0 Å². The number of fused-ring (bicyclic) bond motifs is 15. The van der Waals surface area contributed by atoms with Crippen molar-refractivity contribution in [2.45, 2.75) is 71.9 Å². The molecule has 0 bridgehead atoms. The van der Waals surface area contributed by atoms with Gasteiger partial charge in [-0.1, -0.05) is 45.5 Å². The molecule has 5 nitrogen and oxygen atoms in total. The summed E-state index contributed by atoms with van der Waals surface area (Å²) in [5.41, 5.74) is 11.0. The third-order valence-electron chi connectivity index (χ3n) is 11.3. The van der Waals surface area contributed by atoms with Crippen LogP contribution in [-0.4, -0.2) is 17.1 Å². The third kappa shape index (κ3) is 4.74. The Kier molecular flexibility index (Phi) is 6.58. The van der Waals surface area contributed by atoms with Crippen molar-refractivity contribution in [3.05, 3.63) is 120 Å². The Hall–Kier alpha value is -5.13. The lowest BCUT2D eigenvalue weighted by Crippen LogP contribution is -2.47. The van der Waals surface area contributed by atoms with Crippen LogP contribution in [0.4, 0.5) is 0 Å². The average molecular weight is 672 g/mol. The summed E-state index contributed by atoms with van der Waals surface area (Å²) < 4.78 is 24.1. The molecule has 0 saturated carbocycles. The lowest BCUT2D eigenvalue weighted by Gasteiger charge is -2.31. The second-order valence-electron chi connectivity index (χ2n) is 16.2. The first-order valence-electron chi connectivity index (χ1n) is 18.4. The van der Waals surface area contributed by atoms with Crippen LogP contribution in [-0.2, 0) is 15.9 Å². The van der Waals surface area contributed by atoms with Crippen molar-refractivity contribution in [3.8, 4) is 11.3 Å². The number of hydrogen-bond donors (Lipinski definition) is 0. The maximum absolute atomic E-state index is 6.44. The van der Waals surface area contributed by atoms with Crippen molar-refractivity contribution in [2.75, 3.05) is 6.61 Å². The highest BCUT2D eigenvalue weighted by atomic mass is 16.5. The molecule has 2 aliphatic heterocycles. The number of hydrogen-bond acceptors (Lipinski definition) is 3. The molecule has 3 atom stereocenters. The van der Waals surface area contributed by atoms with Crippen LogP contribution < -0.4 is 4.57 Å². The second-order valence-corrected chi connectivity index (χ2v) is 16.2. The number of nitrogens with zero attached hydrogens (tertiary/aromatic N) is 2. The molecule has 3 unspecified atom stereocenters. The van der Waals surface area contributed by atoms with Gasteiger partial charge < -0.3 is 18.3 Å². The molecule has 0 N–H and O–H groups in total. The molecule has 6 heterocycles. The highest BCUT2D eigenvalue weighted by Crippen LogP contribution is 2.48. The van der Waals surface area contributed by atoms with Crippen LogP contribution >= 0.6 is 0 Å². The maximum Gasteiger partial charge on any atom is 0.213 e. The number of rotatable bonds is 1. The Bertz CT molecular complexity index is 2750. The van der Waals surface area contributed by atoms with E-state index in [0.29, 0.717) is 6.61 Å². The van der Waals surface area contributed by atoms with Crippen molar-refractivity contribution in [3.63, 3.8) is 0 Å². The first-order chi connectivity index (χ1) is 24.6. The van der Waals surface area contributed by atoms with Gasteiger partial charge in [0.1, 0.15) is 16.9 Å². The van der Waals surface area contributed by atoms with E-state index in [2.05, 4.69) is 128 Å². The van der Waals surface area contributed by atoms with Gasteiger partial charge in [0.25, 0.3) is 0 Å². The molecule has 254 valence electrons. The molecular weight excluding hydrogens is 629 g/mol. The van der Waals surface area contributed by atoms with E-state index in [1.165, 1.54) is 60.5 Å². The normalized spacial score (nSPS) is 21.2. The summed E-state index contributed by atoms with van der Waals surface area (Å²) >= 11 is 0. The summed E-state index contributed by atoms with van der Waals surface area (Å²) in [6.45, 7) is 16.1. The van der Waals surface area contributed by atoms with Gasteiger partial charge in [-0.25, -0.2) is 0 Å². The van der Waals surface area contributed by atoms with E-state index in [4.69, 9.17) is 13.9 Å². The summed E-state index contributed by atoms with van der Waals surface area (Å²) in [5.74, 6) is 1.83. The Morgan fingerprint density at radius 2 is 1.61 bits per heavy atom. The van der Waals surface area contributed by atoms with E-state index in [-0.39, 0.29) is 23.5 Å². The average Bonchev–Trinajstić information content (AvgIpc) is 3.71. The van der Waals surface area contributed by atoms with E-state index in [9.17, 15) is 0 Å². The van der Waals surface area contributed by atoms with Gasteiger partial charge in [-0.3, -0.25) is 0 Å². The van der Waals surface area contributed by atoms with Crippen LogP contribution in [0.1, 0.15) is 70.5 Å². The Morgan fingerprint density at radius 1 is 0.843 bits per heavy atom. The zero-order valence-electron chi connectivity index (χ0n) is 30.0. The molecule has 0 fully saturated rings. The molecule has 0 radical (unpaired) electrons. The Morgan fingerprint density at radius 3 is 2.43 bits per heavy atom. The van der Waals surface area contributed by atoms with Crippen LogP contribution in [0, 0.1) is 5.41 Å². The minimum atomic E-state index is -0.0375. The Labute approximate surface area is 297 Å². The molecule has 4 aromatic heterocycles. The monoisotopic (exact) mass is 671 g/mol. The minimum absolute atomic E-state index is 0.0375. The third-order valence-corrected chi connectivity index (χ3v) is 11.3. The van der Waals surface area contributed by atoms with Crippen LogP contribution in [0.25, 0.3) is 71.3 Å². The molecule has 0 saturated heterocycles. The first-order valence-corrected chi connectivity index (χ1v) is 18.4. The predicted molar refractivity (Wildman–Crippen MR) is 208 cm³/mol. The summed E-state index contributed by atoms with van der Waals surface area (Å²) in [5, 5.41) is 7.45. The first kappa shape index (κ1) is 30.7. The molecule has 4 aromatic carbocycles. The van der Waals surface area contributed by atoms with Crippen molar-refractivity contribution >= 4 is 60.0 Å². The number of pyridine rings is 1. The number of para-hydroxylation sites is 1. The molecular formula is C46H43N2O3+. The van der Waals surface area contributed by atoms with Crippen LogP contribution in [0.2, 0.25) is 0 Å². The molecule has 0 spiro atoms. The lowest BCUT2D eigenvalue weighted by atomic mass is 9.79. The van der Waals surface area contributed by atoms with Crippen molar-refractivity contribution in [1.82, 2.24) is 4.40 Å². The molecule has 8 aromatic rings. The van der Waals surface area contributed by atoms with Gasteiger partial charge in [-0.2, -0.15) is 4.57 Å². The zero-order chi connectivity index (χ0) is 34.8. The van der Waals surface area contributed by atoms with Crippen molar-refractivity contribution in [1.29, 1.82) is 0 Å². The van der Waals surface area contributed by atoms with Crippen LogP contribution in [0.15, 0.2) is 114 Å². The molecule has 51 heavy (non-hydrogen) atoms. The quantitative estimate of drug-likeness (QED) is 0.163. The minimum Gasteiger partial charge on any atom is -0.467 e. The molecule has 0 aliphatic carbocycles. The molecule has 5 heteroatoms. The highest BCUT2D eigenvalue weighted by Gasteiger charge is 2.41. The van der Waals surface area contributed by atoms with Crippen LogP contribution in [0.3, 0.4) is 0 Å². The fraction of sp³-hybridized carbons (Fsp3) is 0.283. The predicted octanol–water partition coefficient (Wildman–Crippen LogP) is 11.6. The van der Waals surface area contributed by atoms with E-state index in [1.54, 1.807) is 0 Å². The van der Waals surface area contributed by atoms with Crippen molar-refractivity contribution < 1.29 is 18.5 Å². The Balaban J connectivity index is 1.29. The fourth-order valence-corrected chi connectivity index (χ4v) is 9.38. The molecule has 10 rings (SSSR count). The van der Waals surface area contributed by atoms with Gasteiger partial charge in [0.05, 0.1) is 40.4 Å². The largest absolute Gasteiger partial charge is 0.467 e. The fourth-order valence-electron chi connectivity index (χ4n) is 9.38. The standard InChI is InChI=1S/C46H43N2O3/c1-26-17-27(2)50-28(3)18-40-30(14-16-49-26)32-22-41-34(21-33(32)39-12-9-10-15-47(39)40)37-19-29(25-46(4,5)6)20-38-35-24-44-36(23-42(35)48(41)45(37)38)31-11-7-8-13-43(31)51-44/h7-13,15,17,19-24,26,30,40H,3,14,16,18,25H2,1-2,4-6H3/q+1/b27-17-. The number of furan rings is 1. The van der Waals surface area contributed by atoms with E-state index in [1.807, 2.05) is 13.0 Å². The van der Waals surface area contributed by atoms with E-state index < -0.39 is 0 Å². The number of aromatic nitrogens is 2. The van der Waals surface area contributed by atoms with Gasteiger partial charge in [-0.05, 0) is 97.8 Å². The summed E-state index contributed by atoms with van der Waals surface area (Å²) in [6.07, 6.45) is 6.87. The smallest absolute Gasteiger partial charge is 0.213 e. The summed E-state index contributed by atoms with van der Waals surface area (Å²) in [4.78, 5) is 0. The second kappa shape index (κ2) is 10.9. The zero-order valence-corrected chi connectivity index (χ0v) is 30.0. The number of allylic oxidation sites excluding steroid dienone is 2. The number of benzene rings is 4. The number of ether oxygens (including phenoxy) is 2. The van der Waals surface area contributed by atoms with E-state index in [0.717, 1.165) is 52.7 Å². The van der Waals surface area contributed by atoms with Crippen LogP contribution in [0.5, 0.6) is 0 Å². The molecule has 2 aliphatic rings. The highest BCUT2D eigenvalue weighted by molar-refractivity contribution is 6.26. The van der Waals surface area contributed by atoms with Gasteiger partial charge in [0.15, 0.2) is 12.2 Å². The van der Waals surface area contributed by atoms with Crippen molar-refractivity contribution in [2.24, 2.45) is 5.41 Å². The lowest BCUT2D eigenvalue weighted by molar-refractivity contribution is -0.718. The van der Waals surface area contributed by atoms with Gasteiger partial charge >= 0.3 is 0 Å². The maximum atomic E-state index is 6.44. The summed E-state index contributed by atoms with van der Waals surface area (Å²) in [7, 11) is 0. The topological polar surface area (TPSA) is 39.9 Å². The van der Waals surface area contributed by atoms with Gasteiger partial charge in [0, 0.05) is 57.0 Å². The van der Waals surface area contributed by atoms with E-state index >= 15 is 0 Å². The molecule has 0 amide bonds. The summed E-state index contributed by atoms with van der Waals surface area (Å²) in [6, 6.07) is 29.7.